The lowest BCUT2D eigenvalue weighted by molar-refractivity contribution is -0.118. The second-order valence-electron chi connectivity index (χ2n) is 5.83. The van der Waals surface area contributed by atoms with Gasteiger partial charge in [0.15, 0.2) is 6.61 Å². The molecule has 0 aliphatic heterocycles. The fraction of sp³-hybridized carbons (Fsp3) is 0.222. The predicted molar refractivity (Wildman–Crippen MR) is 96.8 cm³/mol. The summed E-state index contributed by atoms with van der Waals surface area (Å²) in [7, 11) is 0. The monoisotopic (exact) mass is 353 g/mol. The second-order valence-corrected chi connectivity index (χ2v) is 5.83. The number of nitrogens with one attached hydrogen (secondary N) is 2. The third-order valence-electron chi connectivity index (χ3n) is 3.80. The van der Waals surface area contributed by atoms with E-state index in [1.807, 2.05) is 18.2 Å². The Hall–Kier alpha value is -3.42. The maximum atomic E-state index is 12.2. The molecule has 0 spiro atoms. The third-order valence-corrected chi connectivity index (χ3v) is 3.80. The standard InChI is InChI=1S/C18H19N5O3/c1-11-9-15(20-16(24)10-26-14-7-5-4-6-8-14)23(22-11)18-19-13(3)12(2)17(25)21-18/h4-9H,10H2,1-3H3,(H,20,24)(H,19,21,25). The number of carbonyl (C=O) groups excluding carboxylic acids is 1. The SMILES string of the molecule is Cc1cc(NC(=O)COc2ccccc2)n(-c2nc(C)c(C)c(=O)[nH]2)n1. The minimum Gasteiger partial charge on any atom is -0.484 e. The van der Waals surface area contributed by atoms with E-state index in [1.54, 1.807) is 39.0 Å². The Bertz CT molecular complexity index is 992. The van der Waals surface area contributed by atoms with Crippen molar-refractivity contribution >= 4 is 11.7 Å². The van der Waals surface area contributed by atoms with Crippen LogP contribution in [-0.2, 0) is 4.79 Å². The van der Waals surface area contributed by atoms with E-state index in [0.717, 1.165) is 0 Å². The Morgan fingerprint density at radius 1 is 1.23 bits per heavy atom. The molecule has 0 bridgehead atoms. The molecule has 26 heavy (non-hydrogen) atoms. The van der Waals surface area contributed by atoms with E-state index in [0.29, 0.717) is 28.5 Å². The number of carbonyl (C=O) groups is 1. The van der Waals surface area contributed by atoms with Gasteiger partial charge in [-0.15, -0.1) is 0 Å². The van der Waals surface area contributed by atoms with E-state index in [-0.39, 0.29) is 24.0 Å². The van der Waals surface area contributed by atoms with Crippen LogP contribution in [0.15, 0.2) is 41.2 Å². The smallest absolute Gasteiger partial charge is 0.263 e. The zero-order chi connectivity index (χ0) is 18.7. The maximum absolute atomic E-state index is 12.2. The Labute approximate surface area is 149 Å². The molecule has 0 unspecified atom stereocenters. The fourth-order valence-electron chi connectivity index (χ4n) is 2.33. The molecule has 8 heteroatoms. The van der Waals surface area contributed by atoms with E-state index >= 15 is 0 Å². The lowest BCUT2D eigenvalue weighted by Crippen LogP contribution is -2.23. The highest BCUT2D eigenvalue weighted by atomic mass is 16.5. The van der Waals surface area contributed by atoms with Crippen LogP contribution in [0.3, 0.4) is 0 Å². The number of aromatic nitrogens is 4. The van der Waals surface area contributed by atoms with Gasteiger partial charge in [-0.05, 0) is 32.9 Å². The number of aryl methyl sites for hydroxylation is 2. The van der Waals surface area contributed by atoms with E-state index < -0.39 is 0 Å². The van der Waals surface area contributed by atoms with Crippen LogP contribution in [0.2, 0.25) is 0 Å². The Balaban J connectivity index is 1.79. The number of para-hydroxylation sites is 1. The number of ether oxygens (including phenoxy) is 1. The highest BCUT2D eigenvalue weighted by Crippen LogP contribution is 2.15. The van der Waals surface area contributed by atoms with Crippen molar-refractivity contribution in [2.24, 2.45) is 0 Å². The molecule has 0 aliphatic carbocycles. The lowest BCUT2D eigenvalue weighted by atomic mass is 10.3. The van der Waals surface area contributed by atoms with Gasteiger partial charge in [-0.1, -0.05) is 18.2 Å². The van der Waals surface area contributed by atoms with Crippen LogP contribution < -0.4 is 15.6 Å². The number of H-pyrrole nitrogens is 1. The van der Waals surface area contributed by atoms with Gasteiger partial charge in [-0.25, -0.2) is 4.98 Å². The number of benzene rings is 1. The Kier molecular flexibility index (Phi) is 4.83. The molecule has 1 amide bonds. The summed E-state index contributed by atoms with van der Waals surface area (Å²) < 4.78 is 6.82. The molecule has 0 saturated carbocycles. The second kappa shape index (κ2) is 7.22. The third kappa shape index (κ3) is 3.80. The van der Waals surface area contributed by atoms with Gasteiger partial charge in [-0.2, -0.15) is 9.78 Å². The number of anilines is 1. The molecule has 1 aromatic carbocycles. The maximum Gasteiger partial charge on any atom is 0.263 e. The summed E-state index contributed by atoms with van der Waals surface area (Å²) in [5.74, 6) is 0.898. The molecule has 0 fully saturated rings. The molecule has 0 radical (unpaired) electrons. The van der Waals surface area contributed by atoms with Crippen molar-refractivity contribution in [3.05, 3.63) is 63.7 Å². The summed E-state index contributed by atoms with van der Waals surface area (Å²) in [4.78, 5) is 31.2. The highest BCUT2D eigenvalue weighted by Gasteiger charge is 2.14. The van der Waals surface area contributed by atoms with Crippen LogP contribution in [0, 0.1) is 20.8 Å². The summed E-state index contributed by atoms with van der Waals surface area (Å²) in [6, 6.07) is 10.7. The highest BCUT2D eigenvalue weighted by molar-refractivity contribution is 5.91. The van der Waals surface area contributed by atoms with Gasteiger partial charge in [0.1, 0.15) is 11.6 Å². The van der Waals surface area contributed by atoms with Crippen molar-refractivity contribution in [2.75, 3.05) is 11.9 Å². The zero-order valence-corrected chi connectivity index (χ0v) is 14.7. The fourth-order valence-corrected chi connectivity index (χ4v) is 2.33. The van der Waals surface area contributed by atoms with E-state index in [1.165, 1.54) is 4.68 Å². The average molecular weight is 353 g/mol. The Morgan fingerprint density at radius 2 is 1.96 bits per heavy atom. The number of hydrogen-bond donors (Lipinski definition) is 2. The van der Waals surface area contributed by atoms with Crippen molar-refractivity contribution in [1.29, 1.82) is 0 Å². The van der Waals surface area contributed by atoms with Gasteiger partial charge in [0.05, 0.1) is 5.69 Å². The molecule has 0 saturated heterocycles. The van der Waals surface area contributed by atoms with Crippen LogP contribution >= 0.6 is 0 Å². The van der Waals surface area contributed by atoms with Crippen molar-refractivity contribution in [2.45, 2.75) is 20.8 Å². The molecule has 3 aromatic rings. The first-order valence-electron chi connectivity index (χ1n) is 8.06. The molecular formula is C18H19N5O3. The first-order chi connectivity index (χ1) is 12.4. The Morgan fingerprint density at radius 3 is 2.65 bits per heavy atom. The van der Waals surface area contributed by atoms with E-state index in [4.69, 9.17) is 4.74 Å². The number of rotatable bonds is 5. The summed E-state index contributed by atoms with van der Waals surface area (Å²) in [5, 5.41) is 7.02. The van der Waals surface area contributed by atoms with Crippen LogP contribution in [0.25, 0.3) is 5.95 Å². The van der Waals surface area contributed by atoms with Gasteiger partial charge in [0.2, 0.25) is 5.95 Å². The number of nitrogens with zero attached hydrogens (tertiary/aromatic N) is 3. The number of amides is 1. The first-order valence-corrected chi connectivity index (χ1v) is 8.06. The predicted octanol–water partition coefficient (Wildman–Crippen LogP) is 1.90. The van der Waals surface area contributed by atoms with Gasteiger partial charge >= 0.3 is 0 Å². The average Bonchev–Trinajstić information content (AvgIpc) is 2.98. The largest absolute Gasteiger partial charge is 0.484 e. The summed E-state index contributed by atoms with van der Waals surface area (Å²) in [6.07, 6.45) is 0. The van der Waals surface area contributed by atoms with Crippen LogP contribution in [0.5, 0.6) is 5.75 Å². The molecule has 2 N–H and O–H groups in total. The van der Waals surface area contributed by atoms with Crippen molar-refractivity contribution < 1.29 is 9.53 Å². The molecule has 0 atom stereocenters. The molecule has 2 aromatic heterocycles. The van der Waals surface area contributed by atoms with E-state index in [2.05, 4.69) is 20.4 Å². The van der Waals surface area contributed by atoms with Gasteiger partial charge in [0, 0.05) is 17.3 Å². The molecule has 0 aliphatic rings. The van der Waals surface area contributed by atoms with Crippen molar-refractivity contribution in [1.82, 2.24) is 19.7 Å². The quantitative estimate of drug-likeness (QED) is 0.729. The first kappa shape index (κ1) is 17.4. The summed E-state index contributed by atoms with van der Waals surface area (Å²) in [6.45, 7) is 5.08. The number of hydrogen-bond acceptors (Lipinski definition) is 5. The summed E-state index contributed by atoms with van der Waals surface area (Å²) >= 11 is 0. The van der Waals surface area contributed by atoms with E-state index in [9.17, 15) is 9.59 Å². The van der Waals surface area contributed by atoms with Crippen molar-refractivity contribution in [3.63, 3.8) is 0 Å². The van der Waals surface area contributed by atoms with Gasteiger partial charge < -0.3 is 10.1 Å². The van der Waals surface area contributed by atoms with Crippen LogP contribution in [0.4, 0.5) is 5.82 Å². The van der Waals surface area contributed by atoms with Crippen molar-refractivity contribution in [3.8, 4) is 11.7 Å². The molecule has 2 heterocycles. The van der Waals surface area contributed by atoms with Gasteiger partial charge in [0.25, 0.3) is 11.5 Å². The number of aromatic amines is 1. The topological polar surface area (TPSA) is 102 Å². The molecule has 134 valence electrons. The molecule has 8 nitrogen and oxygen atoms in total. The zero-order valence-electron chi connectivity index (χ0n) is 14.7. The normalized spacial score (nSPS) is 10.6. The van der Waals surface area contributed by atoms with Crippen LogP contribution in [0.1, 0.15) is 17.0 Å². The summed E-state index contributed by atoms with van der Waals surface area (Å²) in [5.41, 5.74) is 1.57. The molecule has 3 rings (SSSR count). The lowest BCUT2D eigenvalue weighted by Gasteiger charge is -2.10. The molecular weight excluding hydrogens is 334 g/mol. The van der Waals surface area contributed by atoms with Crippen LogP contribution in [-0.4, -0.2) is 32.3 Å². The van der Waals surface area contributed by atoms with Gasteiger partial charge in [-0.3, -0.25) is 14.6 Å². The minimum atomic E-state index is -0.346. The minimum absolute atomic E-state index is 0.148.